The fraction of sp³-hybridized carbons (Fsp3) is 0.300. The molecule has 6 heteroatoms. The third kappa shape index (κ3) is 5.48. The summed E-state index contributed by atoms with van der Waals surface area (Å²) in [5.74, 6) is -0.320. The zero-order chi connectivity index (χ0) is 19.1. The number of aryl methyl sites for hydroxylation is 1. The molecule has 0 saturated carbocycles. The summed E-state index contributed by atoms with van der Waals surface area (Å²) in [6.45, 7) is 1.96. The number of hydrogen-bond donors (Lipinski definition) is 1. The van der Waals surface area contributed by atoms with Crippen molar-refractivity contribution in [1.82, 2.24) is 10.2 Å². The van der Waals surface area contributed by atoms with Crippen molar-refractivity contribution in [3.05, 3.63) is 69.7 Å². The lowest BCUT2D eigenvalue weighted by Gasteiger charge is -2.29. The molecule has 26 heavy (non-hydrogen) atoms. The van der Waals surface area contributed by atoms with Crippen LogP contribution in [0.5, 0.6) is 0 Å². The molecule has 0 heterocycles. The lowest BCUT2D eigenvalue weighted by molar-refractivity contribution is -0.140. The third-order valence-corrected chi connectivity index (χ3v) is 4.83. The zero-order valence-electron chi connectivity index (χ0n) is 14.8. The number of amides is 2. The van der Waals surface area contributed by atoms with E-state index in [1.807, 2.05) is 30.3 Å². The van der Waals surface area contributed by atoms with Gasteiger partial charge < -0.3 is 10.2 Å². The highest BCUT2D eigenvalue weighted by Crippen LogP contribution is 2.23. The van der Waals surface area contributed by atoms with E-state index in [4.69, 9.17) is 23.2 Å². The van der Waals surface area contributed by atoms with Gasteiger partial charge in [-0.15, -0.1) is 0 Å². The van der Waals surface area contributed by atoms with Crippen LogP contribution in [-0.4, -0.2) is 29.8 Å². The molecule has 1 N–H and O–H groups in total. The first-order chi connectivity index (χ1) is 12.4. The van der Waals surface area contributed by atoms with Gasteiger partial charge in [0, 0.05) is 30.1 Å². The van der Waals surface area contributed by atoms with Gasteiger partial charge in [0.15, 0.2) is 0 Å². The first kappa shape index (κ1) is 20.3. The van der Waals surface area contributed by atoms with Crippen molar-refractivity contribution in [1.29, 1.82) is 0 Å². The molecule has 138 valence electrons. The average Bonchev–Trinajstić information content (AvgIpc) is 2.65. The minimum Gasteiger partial charge on any atom is -0.357 e. The van der Waals surface area contributed by atoms with E-state index in [-0.39, 0.29) is 18.4 Å². The molecule has 4 nitrogen and oxygen atoms in total. The highest BCUT2D eigenvalue weighted by atomic mass is 35.5. The molecule has 0 aliphatic heterocycles. The van der Waals surface area contributed by atoms with Crippen molar-refractivity contribution in [2.45, 2.75) is 32.4 Å². The molecule has 0 unspecified atom stereocenters. The topological polar surface area (TPSA) is 49.4 Å². The molecular formula is C20H22Cl2N2O2. The second kappa shape index (κ2) is 9.60. The maximum atomic E-state index is 12.8. The van der Waals surface area contributed by atoms with Crippen LogP contribution in [0.15, 0.2) is 48.5 Å². The molecule has 0 aliphatic rings. The lowest BCUT2D eigenvalue weighted by atomic mass is 10.1. The SMILES string of the molecule is CNC(=O)[C@@H](C)N(Cc1ccc(Cl)cc1Cl)C(=O)CCc1ccccc1. The number of benzene rings is 2. The monoisotopic (exact) mass is 392 g/mol. The third-order valence-electron chi connectivity index (χ3n) is 4.24. The van der Waals surface area contributed by atoms with Crippen molar-refractivity contribution in [2.24, 2.45) is 0 Å². The van der Waals surface area contributed by atoms with E-state index in [1.165, 1.54) is 0 Å². The average molecular weight is 393 g/mol. The van der Waals surface area contributed by atoms with Crippen LogP contribution in [0.2, 0.25) is 10.0 Å². The van der Waals surface area contributed by atoms with Gasteiger partial charge in [-0.25, -0.2) is 0 Å². The van der Waals surface area contributed by atoms with E-state index in [1.54, 1.807) is 37.1 Å². The van der Waals surface area contributed by atoms with E-state index in [0.717, 1.165) is 11.1 Å². The van der Waals surface area contributed by atoms with Crippen LogP contribution >= 0.6 is 23.2 Å². The van der Waals surface area contributed by atoms with E-state index >= 15 is 0 Å². The van der Waals surface area contributed by atoms with Gasteiger partial charge in [0.25, 0.3) is 0 Å². The Morgan fingerprint density at radius 1 is 1.12 bits per heavy atom. The molecule has 1 atom stereocenters. The van der Waals surface area contributed by atoms with Crippen molar-refractivity contribution in [2.75, 3.05) is 7.05 Å². The maximum Gasteiger partial charge on any atom is 0.242 e. The number of nitrogens with zero attached hydrogens (tertiary/aromatic N) is 1. The zero-order valence-corrected chi connectivity index (χ0v) is 16.3. The molecule has 2 amide bonds. The summed E-state index contributed by atoms with van der Waals surface area (Å²) < 4.78 is 0. The molecule has 2 rings (SSSR count). The van der Waals surface area contributed by atoms with Gasteiger partial charge in [0.2, 0.25) is 11.8 Å². The normalized spacial score (nSPS) is 11.7. The van der Waals surface area contributed by atoms with Crippen LogP contribution in [0.4, 0.5) is 0 Å². The van der Waals surface area contributed by atoms with Crippen LogP contribution in [-0.2, 0) is 22.6 Å². The number of halogens is 2. The first-order valence-corrected chi connectivity index (χ1v) is 9.17. The van der Waals surface area contributed by atoms with Gasteiger partial charge in [-0.05, 0) is 36.6 Å². The molecule has 0 bridgehead atoms. The molecule has 0 radical (unpaired) electrons. The molecule has 0 aliphatic carbocycles. The highest BCUT2D eigenvalue weighted by Gasteiger charge is 2.25. The number of nitrogens with one attached hydrogen (secondary N) is 1. The molecule has 0 aromatic heterocycles. The number of likely N-dealkylation sites (N-methyl/N-ethyl adjacent to an activating group) is 1. The number of carbonyl (C=O) groups is 2. The van der Waals surface area contributed by atoms with Crippen molar-refractivity contribution in [3.63, 3.8) is 0 Å². The van der Waals surface area contributed by atoms with Crippen molar-refractivity contribution < 1.29 is 9.59 Å². The Morgan fingerprint density at radius 2 is 1.81 bits per heavy atom. The Kier molecular flexibility index (Phi) is 7.49. The quantitative estimate of drug-likeness (QED) is 0.771. The standard InChI is InChI=1S/C20H22Cl2N2O2/c1-14(20(26)23-2)24(13-16-9-10-17(21)12-18(16)22)19(25)11-8-15-6-4-3-5-7-15/h3-7,9-10,12,14H,8,11,13H2,1-2H3,(H,23,26)/t14-/m1/s1. The summed E-state index contributed by atoms with van der Waals surface area (Å²) in [7, 11) is 1.56. The Hall–Kier alpha value is -2.04. The fourth-order valence-electron chi connectivity index (χ4n) is 2.66. The Bertz CT molecular complexity index is 766. The molecular weight excluding hydrogens is 371 g/mol. The van der Waals surface area contributed by atoms with Gasteiger partial charge in [0.05, 0.1) is 0 Å². The molecule has 2 aromatic rings. The summed E-state index contributed by atoms with van der Waals surface area (Å²) in [6, 6.07) is 14.3. The van der Waals surface area contributed by atoms with E-state index < -0.39 is 6.04 Å². The summed E-state index contributed by atoms with van der Waals surface area (Å²) in [6.07, 6.45) is 0.932. The lowest BCUT2D eigenvalue weighted by Crippen LogP contribution is -2.46. The van der Waals surface area contributed by atoms with Gasteiger partial charge in [-0.2, -0.15) is 0 Å². The second-order valence-corrected chi connectivity index (χ2v) is 6.88. The van der Waals surface area contributed by atoms with Gasteiger partial charge in [-0.1, -0.05) is 59.6 Å². The first-order valence-electron chi connectivity index (χ1n) is 8.41. The van der Waals surface area contributed by atoms with Gasteiger partial charge in [0.1, 0.15) is 6.04 Å². The van der Waals surface area contributed by atoms with Crippen molar-refractivity contribution in [3.8, 4) is 0 Å². The van der Waals surface area contributed by atoms with Crippen molar-refractivity contribution >= 4 is 35.0 Å². The van der Waals surface area contributed by atoms with E-state index in [2.05, 4.69) is 5.32 Å². The highest BCUT2D eigenvalue weighted by molar-refractivity contribution is 6.35. The molecule has 0 saturated heterocycles. The second-order valence-electron chi connectivity index (χ2n) is 6.03. The molecule has 0 spiro atoms. The van der Waals surface area contributed by atoms with Crippen LogP contribution in [0, 0.1) is 0 Å². The minimum atomic E-state index is -0.602. The fourth-order valence-corrected chi connectivity index (χ4v) is 3.13. The Morgan fingerprint density at radius 3 is 2.42 bits per heavy atom. The molecule has 0 fully saturated rings. The van der Waals surface area contributed by atoms with Gasteiger partial charge >= 0.3 is 0 Å². The predicted molar refractivity (Wildman–Crippen MR) is 105 cm³/mol. The number of rotatable bonds is 7. The summed E-state index contributed by atoms with van der Waals surface area (Å²) in [4.78, 5) is 26.5. The largest absolute Gasteiger partial charge is 0.357 e. The Labute approximate surface area is 164 Å². The maximum absolute atomic E-state index is 12.8. The van der Waals surface area contributed by atoms with Gasteiger partial charge in [-0.3, -0.25) is 9.59 Å². The number of carbonyl (C=O) groups excluding carboxylic acids is 2. The smallest absolute Gasteiger partial charge is 0.242 e. The summed E-state index contributed by atoms with van der Waals surface area (Å²) in [5.41, 5.74) is 1.83. The number of hydrogen-bond acceptors (Lipinski definition) is 2. The minimum absolute atomic E-state index is 0.101. The molecule has 2 aromatic carbocycles. The summed E-state index contributed by atoms with van der Waals surface area (Å²) in [5, 5.41) is 3.60. The Balaban J connectivity index is 2.16. The predicted octanol–water partition coefficient (Wildman–Crippen LogP) is 4.09. The summed E-state index contributed by atoms with van der Waals surface area (Å²) >= 11 is 12.2. The van der Waals surface area contributed by atoms with E-state index in [0.29, 0.717) is 22.9 Å². The van der Waals surface area contributed by atoms with E-state index in [9.17, 15) is 9.59 Å². The van der Waals surface area contributed by atoms with Crippen LogP contribution in [0.25, 0.3) is 0 Å². The van der Waals surface area contributed by atoms with Crippen LogP contribution < -0.4 is 5.32 Å². The van der Waals surface area contributed by atoms with Crippen LogP contribution in [0.1, 0.15) is 24.5 Å². The van der Waals surface area contributed by atoms with Crippen LogP contribution in [0.3, 0.4) is 0 Å².